The highest BCUT2D eigenvalue weighted by Gasteiger charge is 2.19. The van der Waals surface area contributed by atoms with Gasteiger partial charge in [0.05, 0.1) is 20.3 Å². The number of aromatic amines is 1. The number of hydrogen-bond acceptors (Lipinski definition) is 8. The van der Waals surface area contributed by atoms with Crippen LogP contribution in [0.15, 0.2) is 47.4 Å². The van der Waals surface area contributed by atoms with Gasteiger partial charge in [-0.2, -0.15) is 5.10 Å². The molecule has 1 amide bonds. The molecule has 0 spiro atoms. The van der Waals surface area contributed by atoms with Crippen LogP contribution in [-0.2, 0) is 10.0 Å². The van der Waals surface area contributed by atoms with Crippen molar-refractivity contribution in [1.29, 1.82) is 0 Å². The molecule has 0 saturated heterocycles. The number of carbonyl (C=O) groups is 1. The fourth-order valence-electron chi connectivity index (χ4n) is 2.58. The van der Waals surface area contributed by atoms with Crippen molar-refractivity contribution in [2.75, 3.05) is 13.1 Å². The standard InChI is InChI=1S/C16H14N6O7S/c23-16(15-13-9-11(22(26)27)4-5-14(13)19-20-15)17-6-7-18-30(28,29)12-3-1-2-10(8-12)21(24)25/h1-5,8-9,18H,6-7H2,(H,17,23)(H,19,20). The molecule has 0 aliphatic carbocycles. The monoisotopic (exact) mass is 434 g/mol. The van der Waals surface area contributed by atoms with E-state index in [4.69, 9.17) is 0 Å². The molecule has 3 aromatic rings. The second-order valence-electron chi connectivity index (χ2n) is 5.97. The van der Waals surface area contributed by atoms with Crippen LogP contribution in [-0.4, -0.2) is 47.5 Å². The van der Waals surface area contributed by atoms with Crippen LogP contribution in [0.3, 0.4) is 0 Å². The van der Waals surface area contributed by atoms with Crippen molar-refractivity contribution in [3.63, 3.8) is 0 Å². The lowest BCUT2D eigenvalue weighted by Gasteiger charge is -2.07. The lowest BCUT2D eigenvalue weighted by molar-refractivity contribution is -0.385. The molecule has 2 aromatic carbocycles. The SMILES string of the molecule is O=C(NCCNS(=O)(=O)c1cccc([N+](=O)[O-])c1)c1n[nH]c2ccc([N+](=O)[O-])cc12. The lowest BCUT2D eigenvalue weighted by Crippen LogP contribution is -2.34. The van der Waals surface area contributed by atoms with Gasteiger partial charge < -0.3 is 5.32 Å². The maximum absolute atomic E-state index is 12.3. The summed E-state index contributed by atoms with van der Waals surface area (Å²) in [5.41, 5.74) is -0.222. The Morgan fingerprint density at radius 3 is 2.43 bits per heavy atom. The predicted molar refractivity (Wildman–Crippen MR) is 103 cm³/mol. The van der Waals surface area contributed by atoms with E-state index in [0.717, 1.165) is 12.1 Å². The van der Waals surface area contributed by atoms with E-state index < -0.39 is 25.8 Å². The third-order valence-electron chi connectivity index (χ3n) is 4.01. The lowest BCUT2D eigenvalue weighted by atomic mass is 10.2. The van der Waals surface area contributed by atoms with Gasteiger partial charge >= 0.3 is 0 Å². The van der Waals surface area contributed by atoms with Crippen molar-refractivity contribution in [3.8, 4) is 0 Å². The number of sulfonamides is 1. The molecule has 13 nitrogen and oxygen atoms in total. The van der Waals surface area contributed by atoms with E-state index in [1.807, 2.05) is 0 Å². The average Bonchev–Trinajstić information content (AvgIpc) is 3.14. The van der Waals surface area contributed by atoms with Crippen LogP contribution < -0.4 is 10.0 Å². The highest BCUT2D eigenvalue weighted by molar-refractivity contribution is 7.89. The number of rotatable bonds is 8. The molecule has 1 heterocycles. The quantitative estimate of drug-likeness (QED) is 0.266. The summed E-state index contributed by atoms with van der Waals surface area (Å²) in [5, 5.41) is 30.8. The van der Waals surface area contributed by atoms with E-state index in [1.54, 1.807) is 0 Å². The summed E-state index contributed by atoms with van der Waals surface area (Å²) in [4.78, 5) is 32.4. The molecule has 0 atom stereocenters. The van der Waals surface area contributed by atoms with Crippen LogP contribution >= 0.6 is 0 Å². The van der Waals surface area contributed by atoms with Crippen LogP contribution in [0.2, 0.25) is 0 Å². The first kappa shape index (κ1) is 20.8. The van der Waals surface area contributed by atoms with E-state index >= 15 is 0 Å². The van der Waals surface area contributed by atoms with Crippen LogP contribution in [0, 0.1) is 20.2 Å². The first-order valence-corrected chi connectivity index (χ1v) is 9.82. The van der Waals surface area contributed by atoms with Gasteiger partial charge in [0, 0.05) is 42.7 Å². The van der Waals surface area contributed by atoms with Crippen LogP contribution in [0.25, 0.3) is 10.9 Å². The van der Waals surface area contributed by atoms with Crippen molar-refractivity contribution in [2.24, 2.45) is 0 Å². The summed E-state index contributed by atoms with van der Waals surface area (Å²) < 4.78 is 26.7. The number of fused-ring (bicyclic) bond motifs is 1. The number of H-pyrrole nitrogens is 1. The van der Waals surface area contributed by atoms with Crippen molar-refractivity contribution in [3.05, 3.63) is 68.4 Å². The first-order valence-electron chi connectivity index (χ1n) is 8.34. The average molecular weight is 434 g/mol. The molecule has 0 aliphatic rings. The zero-order valence-electron chi connectivity index (χ0n) is 15.1. The molecule has 0 saturated carbocycles. The number of benzene rings is 2. The van der Waals surface area contributed by atoms with Gasteiger partial charge in [-0.15, -0.1) is 0 Å². The number of amides is 1. The number of nitro groups is 2. The summed E-state index contributed by atoms with van der Waals surface area (Å²) in [6, 6.07) is 8.43. The van der Waals surface area contributed by atoms with Crippen molar-refractivity contribution in [1.82, 2.24) is 20.2 Å². The van der Waals surface area contributed by atoms with Gasteiger partial charge in [0.15, 0.2) is 5.69 Å². The van der Waals surface area contributed by atoms with Crippen molar-refractivity contribution < 1.29 is 23.1 Å². The number of nitro benzene ring substituents is 2. The Bertz CT molecular complexity index is 1250. The number of non-ortho nitro benzene ring substituents is 2. The van der Waals surface area contributed by atoms with Crippen molar-refractivity contribution >= 4 is 38.2 Å². The molecule has 0 aliphatic heterocycles. The maximum atomic E-state index is 12.3. The molecular weight excluding hydrogens is 420 g/mol. The van der Waals surface area contributed by atoms with Gasteiger partial charge in [-0.1, -0.05) is 6.07 Å². The molecule has 1 aromatic heterocycles. The van der Waals surface area contributed by atoms with Gasteiger partial charge in [0.1, 0.15) is 0 Å². The number of nitrogens with zero attached hydrogens (tertiary/aromatic N) is 3. The third-order valence-corrected chi connectivity index (χ3v) is 5.47. The number of nitrogens with one attached hydrogen (secondary N) is 3. The van der Waals surface area contributed by atoms with Gasteiger partial charge in [-0.3, -0.25) is 30.1 Å². The van der Waals surface area contributed by atoms with Crippen LogP contribution in [0.5, 0.6) is 0 Å². The highest BCUT2D eigenvalue weighted by Crippen LogP contribution is 2.22. The predicted octanol–water partition coefficient (Wildman–Crippen LogP) is 1.09. The number of aromatic nitrogens is 2. The Kier molecular flexibility index (Phi) is 5.70. The Hall–Kier alpha value is -3.91. The van der Waals surface area contributed by atoms with Crippen LogP contribution in [0.1, 0.15) is 10.5 Å². The smallest absolute Gasteiger partial charge is 0.272 e. The molecular formula is C16H14N6O7S. The second kappa shape index (κ2) is 8.22. The summed E-state index contributed by atoms with van der Waals surface area (Å²) >= 11 is 0. The van der Waals surface area contributed by atoms with E-state index in [2.05, 4.69) is 20.2 Å². The van der Waals surface area contributed by atoms with E-state index in [9.17, 15) is 33.4 Å². The third kappa shape index (κ3) is 4.39. The first-order chi connectivity index (χ1) is 14.2. The zero-order valence-corrected chi connectivity index (χ0v) is 15.9. The van der Waals surface area contributed by atoms with Gasteiger partial charge in [-0.25, -0.2) is 13.1 Å². The maximum Gasteiger partial charge on any atom is 0.272 e. The van der Waals surface area contributed by atoms with E-state index in [-0.39, 0.29) is 40.4 Å². The molecule has 14 heteroatoms. The summed E-state index contributed by atoms with van der Waals surface area (Å²) in [6.45, 7) is -0.310. The zero-order chi connectivity index (χ0) is 21.9. The Balaban J connectivity index is 1.63. The molecule has 30 heavy (non-hydrogen) atoms. The normalized spacial score (nSPS) is 11.3. The fourth-order valence-corrected chi connectivity index (χ4v) is 3.65. The fraction of sp³-hybridized carbons (Fsp3) is 0.125. The minimum absolute atomic E-state index is 0.0739. The van der Waals surface area contributed by atoms with E-state index in [0.29, 0.717) is 5.52 Å². The summed E-state index contributed by atoms with van der Waals surface area (Å²) in [7, 11) is -4.02. The minimum atomic E-state index is -4.02. The number of carbonyl (C=O) groups excluding carboxylic acids is 1. The largest absolute Gasteiger partial charge is 0.349 e. The molecule has 0 radical (unpaired) electrons. The molecule has 3 rings (SSSR count). The van der Waals surface area contributed by atoms with Crippen LogP contribution in [0.4, 0.5) is 11.4 Å². The number of hydrogen-bond donors (Lipinski definition) is 3. The second-order valence-corrected chi connectivity index (χ2v) is 7.73. The highest BCUT2D eigenvalue weighted by atomic mass is 32.2. The van der Waals surface area contributed by atoms with Gasteiger partial charge in [-0.05, 0) is 12.1 Å². The van der Waals surface area contributed by atoms with Crippen molar-refractivity contribution in [2.45, 2.75) is 4.90 Å². The van der Waals surface area contributed by atoms with E-state index in [1.165, 1.54) is 30.3 Å². The molecule has 0 fully saturated rings. The molecule has 0 unspecified atom stereocenters. The summed E-state index contributed by atoms with van der Waals surface area (Å²) in [5.74, 6) is -0.656. The van der Waals surface area contributed by atoms with Gasteiger partial charge in [0.2, 0.25) is 10.0 Å². The topological polar surface area (TPSA) is 190 Å². The molecule has 0 bridgehead atoms. The molecule has 156 valence electrons. The molecule has 3 N–H and O–H groups in total. The Morgan fingerprint density at radius 2 is 1.73 bits per heavy atom. The minimum Gasteiger partial charge on any atom is -0.349 e. The summed E-state index contributed by atoms with van der Waals surface area (Å²) in [6.07, 6.45) is 0. The Morgan fingerprint density at radius 1 is 1.03 bits per heavy atom. The van der Waals surface area contributed by atoms with Gasteiger partial charge in [0.25, 0.3) is 17.3 Å². The Labute approximate surface area is 168 Å².